The molecule has 0 atom stereocenters. The van der Waals surface area contributed by atoms with E-state index in [1.807, 2.05) is 36.4 Å². The summed E-state index contributed by atoms with van der Waals surface area (Å²) in [7, 11) is 0. The number of aliphatic hydroxyl groups is 1. The molecule has 3 aromatic rings. The maximum atomic E-state index is 12.3. The molecule has 124 valence electrons. The van der Waals surface area contributed by atoms with Gasteiger partial charge in [0.05, 0.1) is 17.8 Å². The van der Waals surface area contributed by atoms with Gasteiger partial charge in [0.2, 0.25) is 0 Å². The number of nitrogens with one attached hydrogen (secondary N) is 1. The number of esters is 1. The van der Waals surface area contributed by atoms with E-state index < -0.39 is 5.97 Å². The fourth-order valence-electron chi connectivity index (χ4n) is 2.78. The van der Waals surface area contributed by atoms with E-state index in [2.05, 4.69) is 10.3 Å². The predicted octanol–water partition coefficient (Wildman–Crippen LogP) is 3.36. The van der Waals surface area contributed by atoms with Gasteiger partial charge in [0.1, 0.15) is 5.56 Å². The van der Waals surface area contributed by atoms with Crippen LogP contribution in [0.15, 0.2) is 42.6 Å². The summed E-state index contributed by atoms with van der Waals surface area (Å²) in [4.78, 5) is 16.8. The van der Waals surface area contributed by atoms with Crippen molar-refractivity contribution in [3.05, 3.63) is 48.2 Å². The molecule has 0 saturated carbocycles. The first-order chi connectivity index (χ1) is 11.8. The first-order valence-corrected chi connectivity index (χ1v) is 8.08. The molecule has 0 aliphatic carbocycles. The second-order valence-electron chi connectivity index (χ2n) is 5.45. The van der Waals surface area contributed by atoms with Crippen molar-refractivity contribution in [2.24, 2.45) is 0 Å². The highest BCUT2D eigenvalue weighted by Gasteiger charge is 2.17. The van der Waals surface area contributed by atoms with Crippen LogP contribution in [0.1, 0.15) is 23.7 Å². The molecule has 5 heteroatoms. The van der Waals surface area contributed by atoms with Gasteiger partial charge in [-0.3, -0.25) is 4.98 Å². The number of fused-ring (bicyclic) bond motifs is 3. The van der Waals surface area contributed by atoms with Crippen molar-refractivity contribution in [1.82, 2.24) is 4.98 Å². The van der Waals surface area contributed by atoms with Crippen LogP contribution in [0, 0.1) is 0 Å². The van der Waals surface area contributed by atoms with Crippen molar-refractivity contribution in [2.75, 3.05) is 25.1 Å². The summed E-state index contributed by atoms with van der Waals surface area (Å²) in [5, 5.41) is 15.3. The average molecular weight is 324 g/mol. The van der Waals surface area contributed by atoms with E-state index in [4.69, 9.17) is 9.84 Å². The Morgan fingerprint density at radius 1 is 1.21 bits per heavy atom. The molecule has 0 radical (unpaired) electrons. The third-order valence-corrected chi connectivity index (χ3v) is 3.89. The van der Waals surface area contributed by atoms with Gasteiger partial charge in [-0.2, -0.15) is 0 Å². The van der Waals surface area contributed by atoms with Crippen molar-refractivity contribution in [3.8, 4) is 0 Å². The molecule has 2 N–H and O–H groups in total. The molecule has 0 saturated heterocycles. The first-order valence-electron chi connectivity index (χ1n) is 8.08. The third kappa shape index (κ3) is 3.03. The van der Waals surface area contributed by atoms with Gasteiger partial charge in [-0.1, -0.05) is 36.4 Å². The average Bonchev–Trinajstić information content (AvgIpc) is 2.61. The molecule has 24 heavy (non-hydrogen) atoms. The van der Waals surface area contributed by atoms with Crippen molar-refractivity contribution < 1.29 is 14.6 Å². The maximum Gasteiger partial charge on any atom is 0.341 e. The summed E-state index contributed by atoms with van der Waals surface area (Å²) in [6, 6.07) is 12.0. The van der Waals surface area contributed by atoms with E-state index in [0.29, 0.717) is 30.8 Å². The quantitative estimate of drug-likeness (QED) is 0.413. The topological polar surface area (TPSA) is 71.5 Å². The number of hydrogen-bond acceptors (Lipinski definition) is 5. The number of carbonyl (C=O) groups is 1. The largest absolute Gasteiger partial charge is 0.462 e. The SMILES string of the molecule is CCOC(=O)c1cnc2c(ccc3ccccc32)c1NCCCO. The normalized spacial score (nSPS) is 10.9. The lowest BCUT2D eigenvalue weighted by molar-refractivity contribution is 0.0527. The zero-order chi connectivity index (χ0) is 16.9. The standard InChI is InChI=1S/C19H20N2O3/c1-2-24-19(23)16-12-21-17-14-7-4-3-6-13(14)8-9-15(17)18(16)20-10-5-11-22/h3-4,6-9,12,22H,2,5,10-11H2,1H3,(H,20,21). The van der Waals surface area contributed by atoms with Crippen LogP contribution in [-0.4, -0.2) is 35.8 Å². The second kappa shape index (κ2) is 7.27. The van der Waals surface area contributed by atoms with Crippen LogP contribution in [0.2, 0.25) is 0 Å². The fourth-order valence-corrected chi connectivity index (χ4v) is 2.78. The summed E-state index contributed by atoms with van der Waals surface area (Å²) in [6.07, 6.45) is 2.16. The lowest BCUT2D eigenvalue weighted by Crippen LogP contribution is -2.12. The number of carbonyl (C=O) groups excluding carboxylic acids is 1. The van der Waals surface area contributed by atoms with E-state index in [-0.39, 0.29) is 6.61 Å². The highest BCUT2D eigenvalue weighted by molar-refractivity contribution is 6.13. The van der Waals surface area contributed by atoms with E-state index in [1.54, 1.807) is 13.1 Å². The molecule has 0 unspecified atom stereocenters. The molecule has 3 rings (SSSR count). The first kappa shape index (κ1) is 16.2. The number of benzene rings is 2. The number of hydrogen-bond donors (Lipinski definition) is 2. The number of aliphatic hydroxyl groups excluding tert-OH is 1. The zero-order valence-electron chi connectivity index (χ0n) is 13.6. The highest BCUT2D eigenvalue weighted by Crippen LogP contribution is 2.31. The Bertz CT molecular complexity index is 877. The molecule has 1 aromatic heterocycles. The number of pyridine rings is 1. The number of aromatic nitrogens is 1. The van der Waals surface area contributed by atoms with Crippen molar-refractivity contribution in [1.29, 1.82) is 0 Å². The van der Waals surface area contributed by atoms with E-state index in [9.17, 15) is 4.79 Å². The number of nitrogens with zero attached hydrogens (tertiary/aromatic N) is 1. The van der Waals surface area contributed by atoms with E-state index in [0.717, 1.165) is 21.7 Å². The van der Waals surface area contributed by atoms with Gasteiger partial charge in [-0.05, 0) is 18.7 Å². The second-order valence-corrected chi connectivity index (χ2v) is 5.45. The summed E-state index contributed by atoms with van der Waals surface area (Å²) in [5.41, 5.74) is 1.96. The Morgan fingerprint density at radius 3 is 2.83 bits per heavy atom. The minimum Gasteiger partial charge on any atom is -0.462 e. The minimum absolute atomic E-state index is 0.0910. The van der Waals surface area contributed by atoms with E-state index >= 15 is 0 Å². The summed E-state index contributed by atoms with van der Waals surface area (Å²) in [6.45, 7) is 2.74. The van der Waals surface area contributed by atoms with Crippen LogP contribution >= 0.6 is 0 Å². The van der Waals surface area contributed by atoms with Crippen LogP contribution < -0.4 is 5.32 Å². The Hall–Kier alpha value is -2.66. The monoisotopic (exact) mass is 324 g/mol. The van der Waals surface area contributed by atoms with Crippen LogP contribution in [0.3, 0.4) is 0 Å². The number of ether oxygens (including phenoxy) is 1. The molecule has 0 spiro atoms. The molecule has 0 aliphatic heterocycles. The molecular formula is C19H20N2O3. The van der Waals surface area contributed by atoms with Gasteiger partial charge >= 0.3 is 5.97 Å². The van der Waals surface area contributed by atoms with Gasteiger partial charge in [-0.25, -0.2) is 4.79 Å². The maximum absolute atomic E-state index is 12.3. The lowest BCUT2D eigenvalue weighted by atomic mass is 10.0. The molecule has 0 aliphatic rings. The molecule has 2 aromatic carbocycles. The van der Waals surface area contributed by atoms with Crippen molar-refractivity contribution in [2.45, 2.75) is 13.3 Å². The Morgan fingerprint density at radius 2 is 2.04 bits per heavy atom. The van der Waals surface area contributed by atoms with Gasteiger partial charge in [0, 0.05) is 30.1 Å². The number of anilines is 1. The number of rotatable bonds is 6. The van der Waals surface area contributed by atoms with Gasteiger partial charge in [-0.15, -0.1) is 0 Å². The van der Waals surface area contributed by atoms with Gasteiger partial charge < -0.3 is 15.2 Å². The summed E-state index contributed by atoms with van der Waals surface area (Å²) in [5.74, 6) is -0.397. The van der Waals surface area contributed by atoms with Crippen LogP contribution in [0.4, 0.5) is 5.69 Å². The lowest BCUT2D eigenvalue weighted by Gasteiger charge is -2.14. The Labute approximate surface area is 140 Å². The smallest absolute Gasteiger partial charge is 0.341 e. The molecule has 0 bridgehead atoms. The predicted molar refractivity (Wildman–Crippen MR) is 95.4 cm³/mol. The van der Waals surface area contributed by atoms with Crippen molar-refractivity contribution in [3.63, 3.8) is 0 Å². The van der Waals surface area contributed by atoms with Crippen LogP contribution in [0.25, 0.3) is 21.7 Å². The van der Waals surface area contributed by atoms with Crippen molar-refractivity contribution >= 4 is 33.3 Å². The molecular weight excluding hydrogens is 304 g/mol. The van der Waals surface area contributed by atoms with Crippen LogP contribution in [0.5, 0.6) is 0 Å². The molecule has 1 heterocycles. The van der Waals surface area contributed by atoms with Crippen LogP contribution in [-0.2, 0) is 4.74 Å². The van der Waals surface area contributed by atoms with E-state index in [1.165, 1.54) is 0 Å². The molecule has 0 fully saturated rings. The molecule has 5 nitrogen and oxygen atoms in total. The molecule has 0 amide bonds. The minimum atomic E-state index is -0.397. The van der Waals surface area contributed by atoms with Gasteiger partial charge in [0.15, 0.2) is 0 Å². The Balaban J connectivity index is 2.19. The Kier molecular flexibility index (Phi) is 4.91. The third-order valence-electron chi connectivity index (χ3n) is 3.89. The highest BCUT2D eigenvalue weighted by atomic mass is 16.5. The van der Waals surface area contributed by atoms with Gasteiger partial charge in [0.25, 0.3) is 0 Å². The summed E-state index contributed by atoms with van der Waals surface area (Å²) >= 11 is 0. The summed E-state index contributed by atoms with van der Waals surface area (Å²) < 4.78 is 5.14. The fraction of sp³-hybridized carbons (Fsp3) is 0.263. The zero-order valence-corrected chi connectivity index (χ0v) is 13.6.